The Hall–Kier alpha value is -2.61. The third kappa shape index (κ3) is 4.11. The fourth-order valence-corrected chi connectivity index (χ4v) is 4.02. The summed E-state index contributed by atoms with van der Waals surface area (Å²) < 4.78 is 7.64. The first-order chi connectivity index (χ1) is 13.6. The van der Waals surface area contributed by atoms with Gasteiger partial charge in [-0.25, -0.2) is 4.98 Å². The van der Waals surface area contributed by atoms with Crippen LogP contribution in [0.3, 0.4) is 0 Å². The summed E-state index contributed by atoms with van der Waals surface area (Å²) in [4.78, 5) is 9.93. The zero-order valence-electron chi connectivity index (χ0n) is 16.5. The molecule has 0 spiro atoms. The number of hydrogen-bond acceptors (Lipinski definition) is 5. The van der Waals surface area contributed by atoms with Gasteiger partial charge in [-0.05, 0) is 43.7 Å². The molecule has 0 aliphatic heterocycles. The summed E-state index contributed by atoms with van der Waals surface area (Å²) in [5, 5.41) is 13.6. The Labute approximate surface area is 168 Å². The van der Waals surface area contributed by atoms with Crippen molar-refractivity contribution in [1.82, 2.24) is 25.4 Å². The average molecular weight is 399 g/mol. The second kappa shape index (κ2) is 8.18. The molecule has 1 atom stereocenters. The lowest BCUT2D eigenvalue weighted by molar-refractivity contribution is 0.499. The minimum absolute atomic E-state index is 0.327. The maximum Gasteiger partial charge on any atom is 0.236 e. The summed E-state index contributed by atoms with van der Waals surface area (Å²) >= 11 is 1.62. The van der Waals surface area contributed by atoms with E-state index >= 15 is 0 Å². The van der Waals surface area contributed by atoms with Crippen molar-refractivity contribution in [3.05, 3.63) is 46.9 Å². The normalized spacial score (nSPS) is 17.0. The summed E-state index contributed by atoms with van der Waals surface area (Å²) in [6, 6.07) is 4.72. The Balaban J connectivity index is 1.33. The number of nitrogens with one attached hydrogen (secondary N) is 2. The number of aromatic nitrogens is 3. The molecule has 2 N–H and O–H groups in total. The number of oxazole rings is 1. The van der Waals surface area contributed by atoms with Crippen LogP contribution in [-0.4, -0.2) is 33.8 Å². The molecule has 148 valence electrons. The van der Waals surface area contributed by atoms with Crippen molar-refractivity contribution in [3.63, 3.8) is 0 Å². The quantitative estimate of drug-likeness (QED) is 0.509. The molecule has 0 aromatic carbocycles. The number of nitrogens with zero attached hydrogens (tertiary/aromatic N) is 4. The van der Waals surface area contributed by atoms with Gasteiger partial charge >= 0.3 is 0 Å². The molecule has 3 aromatic heterocycles. The predicted octanol–water partition coefficient (Wildman–Crippen LogP) is 3.40. The number of fused-ring (bicyclic) bond motifs is 1. The van der Waals surface area contributed by atoms with Crippen LogP contribution < -0.4 is 10.6 Å². The van der Waals surface area contributed by atoms with E-state index in [2.05, 4.69) is 45.3 Å². The molecule has 0 saturated carbocycles. The van der Waals surface area contributed by atoms with E-state index in [9.17, 15) is 0 Å². The fourth-order valence-electron chi connectivity index (χ4n) is 3.36. The number of aliphatic imine (C=N–C) groups is 1. The van der Waals surface area contributed by atoms with Gasteiger partial charge in [-0.1, -0.05) is 6.07 Å². The minimum Gasteiger partial charge on any atom is -0.443 e. The van der Waals surface area contributed by atoms with Crippen LogP contribution in [-0.2, 0) is 19.4 Å². The second-order valence-corrected chi connectivity index (χ2v) is 8.25. The molecule has 1 aliphatic carbocycles. The monoisotopic (exact) mass is 398 g/mol. The molecule has 8 heteroatoms. The first-order valence-corrected chi connectivity index (χ1v) is 10.5. The third-order valence-corrected chi connectivity index (χ3v) is 5.77. The van der Waals surface area contributed by atoms with Gasteiger partial charge in [0.15, 0.2) is 5.96 Å². The van der Waals surface area contributed by atoms with Crippen molar-refractivity contribution >= 4 is 17.3 Å². The van der Waals surface area contributed by atoms with Crippen LogP contribution in [0.5, 0.6) is 0 Å². The van der Waals surface area contributed by atoms with Crippen molar-refractivity contribution in [2.24, 2.45) is 4.99 Å². The van der Waals surface area contributed by atoms with Crippen molar-refractivity contribution in [2.75, 3.05) is 7.05 Å². The zero-order valence-corrected chi connectivity index (χ0v) is 17.3. The molecule has 3 aromatic rings. The zero-order chi connectivity index (χ0) is 19.5. The molecule has 7 nitrogen and oxygen atoms in total. The van der Waals surface area contributed by atoms with E-state index in [0.717, 1.165) is 35.8 Å². The van der Waals surface area contributed by atoms with Gasteiger partial charge in [0.05, 0.1) is 22.8 Å². The smallest absolute Gasteiger partial charge is 0.236 e. The van der Waals surface area contributed by atoms with Gasteiger partial charge in [-0.3, -0.25) is 9.67 Å². The van der Waals surface area contributed by atoms with E-state index in [4.69, 9.17) is 9.52 Å². The van der Waals surface area contributed by atoms with Crippen LogP contribution in [0, 0.1) is 0 Å². The molecule has 4 rings (SSSR count). The maximum absolute atomic E-state index is 5.57. The highest BCUT2D eigenvalue weighted by atomic mass is 32.1. The van der Waals surface area contributed by atoms with E-state index in [-0.39, 0.29) is 0 Å². The highest BCUT2D eigenvalue weighted by molar-refractivity contribution is 7.13. The molecule has 28 heavy (non-hydrogen) atoms. The van der Waals surface area contributed by atoms with Gasteiger partial charge in [0.1, 0.15) is 6.26 Å². The van der Waals surface area contributed by atoms with Crippen LogP contribution >= 0.6 is 11.3 Å². The molecule has 0 radical (unpaired) electrons. The molecule has 1 aliphatic rings. The highest BCUT2D eigenvalue weighted by Gasteiger charge is 2.23. The van der Waals surface area contributed by atoms with Gasteiger partial charge in [-0.15, -0.1) is 11.3 Å². The molecule has 0 amide bonds. The molecule has 0 bridgehead atoms. The van der Waals surface area contributed by atoms with E-state index < -0.39 is 0 Å². The summed E-state index contributed by atoms with van der Waals surface area (Å²) in [6.07, 6.45) is 6.93. The molecule has 0 fully saturated rings. The van der Waals surface area contributed by atoms with Gasteiger partial charge in [-0.2, -0.15) is 5.10 Å². The Bertz CT molecular complexity index is 940. The summed E-state index contributed by atoms with van der Waals surface area (Å²) in [7, 11) is 1.79. The number of guanidine groups is 1. The van der Waals surface area contributed by atoms with E-state index in [1.165, 1.54) is 11.3 Å². The van der Waals surface area contributed by atoms with Crippen LogP contribution in [0.15, 0.2) is 39.4 Å². The molecular weight excluding hydrogens is 372 g/mol. The Morgan fingerprint density at radius 3 is 3.11 bits per heavy atom. The predicted molar refractivity (Wildman–Crippen MR) is 112 cm³/mol. The lowest BCUT2D eigenvalue weighted by Crippen LogP contribution is -2.45. The lowest BCUT2D eigenvalue weighted by atomic mass is 9.94. The van der Waals surface area contributed by atoms with Crippen LogP contribution in [0.1, 0.15) is 43.3 Å². The van der Waals surface area contributed by atoms with Crippen molar-refractivity contribution in [1.29, 1.82) is 0 Å². The summed E-state index contributed by atoms with van der Waals surface area (Å²) in [5.41, 5.74) is 3.43. The van der Waals surface area contributed by atoms with E-state index in [1.807, 2.05) is 17.5 Å². The number of rotatable bonds is 5. The maximum atomic E-state index is 5.57. The van der Waals surface area contributed by atoms with Crippen LogP contribution in [0.25, 0.3) is 10.8 Å². The van der Waals surface area contributed by atoms with Gasteiger partial charge in [0.2, 0.25) is 5.89 Å². The molecule has 3 heterocycles. The first kappa shape index (κ1) is 18.7. The van der Waals surface area contributed by atoms with Crippen LogP contribution in [0.2, 0.25) is 0 Å². The van der Waals surface area contributed by atoms with Crippen molar-refractivity contribution in [3.8, 4) is 10.8 Å². The second-order valence-electron chi connectivity index (χ2n) is 7.31. The largest absolute Gasteiger partial charge is 0.443 e. The standard InChI is InChI=1S/C20H26N6OS/c1-13(2)26-11-14-6-7-15(9-17(14)25-26)24-20(21-3)22-10-16-12-27-19(23-16)18-5-4-8-28-18/h4-5,8,11-13,15H,6-7,9-10H2,1-3H3,(H2,21,22,24). The third-order valence-electron chi connectivity index (χ3n) is 4.91. The molecule has 0 saturated heterocycles. The van der Waals surface area contributed by atoms with E-state index in [0.29, 0.717) is 24.5 Å². The van der Waals surface area contributed by atoms with Crippen molar-refractivity contribution < 1.29 is 4.42 Å². The minimum atomic E-state index is 0.327. The fraction of sp³-hybridized carbons (Fsp3) is 0.450. The highest BCUT2D eigenvalue weighted by Crippen LogP contribution is 2.24. The van der Waals surface area contributed by atoms with Crippen LogP contribution in [0.4, 0.5) is 0 Å². The Kier molecular flexibility index (Phi) is 5.47. The first-order valence-electron chi connectivity index (χ1n) is 9.64. The number of hydrogen-bond donors (Lipinski definition) is 2. The number of thiophene rings is 1. The molecular formula is C20H26N6OS. The van der Waals surface area contributed by atoms with Gasteiger partial charge in [0.25, 0.3) is 0 Å². The molecule has 1 unspecified atom stereocenters. The lowest BCUT2D eigenvalue weighted by Gasteiger charge is -2.24. The summed E-state index contributed by atoms with van der Waals surface area (Å²) in [6.45, 7) is 4.88. The SMILES string of the molecule is CN=C(NCc1coc(-c2cccs2)n1)NC1CCc2cn(C(C)C)nc2C1. The van der Waals surface area contributed by atoms with E-state index in [1.54, 1.807) is 24.6 Å². The van der Waals surface area contributed by atoms with Crippen molar-refractivity contribution in [2.45, 2.75) is 51.7 Å². The summed E-state index contributed by atoms with van der Waals surface area (Å²) in [5.74, 6) is 1.44. The topological polar surface area (TPSA) is 80.3 Å². The van der Waals surface area contributed by atoms with Gasteiger partial charge in [0, 0.05) is 31.7 Å². The Morgan fingerprint density at radius 2 is 2.36 bits per heavy atom. The van der Waals surface area contributed by atoms with Gasteiger partial charge < -0.3 is 15.1 Å². The Morgan fingerprint density at radius 1 is 1.46 bits per heavy atom. The average Bonchev–Trinajstić information content (AvgIpc) is 3.44. The number of aryl methyl sites for hydroxylation is 1.